The van der Waals surface area contributed by atoms with E-state index in [2.05, 4.69) is 9.98 Å². The van der Waals surface area contributed by atoms with E-state index in [1.807, 2.05) is 0 Å². The molecule has 17 heavy (non-hydrogen) atoms. The summed E-state index contributed by atoms with van der Waals surface area (Å²) >= 11 is 0. The van der Waals surface area contributed by atoms with Crippen LogP contribution in [0.15, 0.2) is 35.1 Å². The van der Waals surface area contributed by atoms with Gasteiger partial charge in [-0.25, -0.2) is 0 Å². The lowest BCUT2D eigenvalue weighted by Gasteiger charge is -2.05. The lowest BCUT2D eigenvalue weighted by atomic mass is 10.3. The molecule has 6 heteroatoms. The third-order valence-corrected chi connectivity index (χ3v) is 1.78. The third-order valence-electron chi connectivity index (χ3n) is 1.78. The van der Waals surface area contributed by atoms with Gasteiger partial charge in [-0.1, -0.05) is 0 Å². The highest BCUT2D eigenvalue weighted by atomic mass is 19.4. The first kappa shape index (κ1) is 13.2. The Bertz CT molecular complexity index is 457. The summed E-state index contributed by atoms with van der Waals surface area (Å²) in [5, 5.41) is 0. The van der Waals surface area contributed by atoms with Gasteiger partial charge < -0.3 is 5.73 Å². The van der Waals surface area contributed by atoms with Gasteiger partial charge in [-0.15, -0.1) is 0 Å². The Hall–Kier alpha value is -1.85. The highest BCUT2D eigenvalue weighted by molar-refractivity contribution is 5.95. The molecule has 3 nitrogen and oxygen atoms in total. The number of halogens is 3. The summed E-state index contributed by atoms with van der Waals surface area (Å²) in [6.45, 7) is 3.33. The first-order valence-corrected chi connectivity index (χ1v) is 4.81. The largest absolute Gasteiger partial charge is 0.433 e. The highest BCUT2D eigenvalue weighted by Gasteiger charge is 2.32. The van der Waals surface area contributed by atoms with Gasteiger partial charge in [-0.05, 0) is 32.1 Å². The standard InChI is InChI=1S/C11H12F3N3/c1-7(15)5-8(2)17-9-3-4-16-10(6-9)11(12,13)14/h3-6H,15H2,1-2H3. The van der Waals surface area contributed by atoms with Crippen molar-refractivity contribution >= 4 is 11.4 Å². The maximum Gasteiger partial charge on any atom is 0.433 e. The predicted molar refractivity (Wildman–Crippen MR) is 60.0 cm³/mol. The summed E-state index contributed by atoms with van der Waals surface area (Å²) in [4.78, 5) is 7.24. The molecular formula is C11H12F3N3. The van der Waals surface area contributed by atoms with Crippen molar-refractivity contribution in [2.24, 2.45) is 10.7 Å². The molecule has 0 saturated carbocycles. The van der Waals surface area contributed by atoms with Crippen LogP contribution in [0.2, 0.25) is 0 Å². The fourth-order valence-corrected chi connectivity index (χ4v) is 1.21. The van der Waals surface area contributed by atoms with Crippen LogP contribution >= 0.6 is 0 Å². The zero-order valence-electron chi connectivity index (χ0n) is 9.42. The number of rotatable bonds is 2. The molecule has 1 rings (SSSR count). The molecule has 0 bridgehead atoms. The third kappa shape index (κ3) is 4.26. The fraction of sp³-hybridized carbons (Fsp3) is 0.273. The van der Waals surface area contributed by atoms with Crippen molar-refractivity contribution < 1.29 is 13.2 Å². The highest BCUT2D eigenvalue weighted by Crippen LogP contribution is 2.29. The van der Waals surface area contributed by atoms with Gasteiger partial charge in [0.2, 0.25) is 0 Å². The van der Waals surface area contributed by atoms with Crippen LogP contribution in [0.25, 0.3) is 0 Å². The zero-order valence-corrected chi connectivity index (χ0v) is 9.42. The molecule has 1 aromatic rings. The minimum Gasteiger partial charge on any atom is -0.402 e. The second-order valence-electron chi connectivity index (χ2n) is 3.54. The van der Waals surface area contributed by atoms with Crippen LogP contribution in [0.4, 0.5) is 18.9 Å². The lowest BCUT2D eigenvalue weighted by molar-refractivity contribution is -0.141. The van der Waals surface area contributed by atoms with E-state index < -0.39 is 11.9 Å². The molecule has 0 saturated heterocycles. The molecule has 0 unspecified atom stereocenters. The molecule has 0 aromatic carbocycles. The number of aliphatic imine (C=N–C) groups is 1. The van der Waals surface area contributed by atoms with Crippen LogP contribution in [0.3, 0.4) is 0 Å². The normalized spacial score (nSPS) is 13.9. The van der Waals surface area contributed by atoms with Gasteiger partial charge in [0, 0.05) is 17.6 Å². The van der Waals surface area contributed by atoms with Crippen molar-refractivity contribution in [3.8, 4) is 0 Å². The SMILES string of the molecule is CC(N)=CC(C)=Nc1ccnc(C(F)(F)F)c1. The molecule has 0 aliphatic rings. The van der Waals surface area contributed by atoms with E-state index in [0.717, 1.165) is 12.3 Å². The minimum atomic E-state index is -4.46. The number of allylic oxidation sites excluding steroid dienone is 2. The Morgan fingerprint density at radius 3 is 2.59 bits per heavy atom. The molecule has 0 amide bonds. The molecule has 0 spiro atoms. The molecule has 92 valence electrons. The van der Waals surface area contributed by atoms with E-state index in [0.29, 0.717) is 11.4 Å². The number of alkyl halides is 3. The summed E-state index contributed by atoms with van der Waals surface area (Å²) in [5.74, 6) is 0. The summed E-state index contributed by atoms with van der Waals surface area (Å²) in [7, 11) is 0. The molecule has 0 fully saturated rings. The summed E-state index contributed by atoms with van der Waals surface area (Å²) in [6, 6.07) is 2.29. The second-order valence-corrected chi connectivity index (χ2v) is 3.54. The predicted octanol–water partition coefficient (Wildman–Crippen LogP) is 3.06. The topological polar surface area (TPSA) is 51.3 Å². The van der Waals surface area contributed by atoms with Gasteiger partial charge in [-0.2, -0.15) is 13.2 Å². The molecule has 2 N–H and O–H groups in total. The Balaban J connectivity index is 3.05. The molecule has 1 aromatic heterocycles. The van der Waals surface area contributed by atoms with Crippen LogP contribution in [-0.4, -0.2) is 10.7 Å². The maximum atomic E-state index is 12.4. The number of pyridine rings is 1. The van der Waals surface area contributed by atoms with Crippen LogP contribution < -0.4 is 5.73 Å². The fourth-order valence-electron chi connectivity index (χ4n) is 1.21. The van der Waals surface area contributed by atoms with Crippen molar-refractivity contribution in [1.29, 1.82) is 0 Å². The average Bonchev–Trinajstić information content (AvgIpc) is 2.15. The maximum absolute atomic E-state index is 12.4. The molecule has 0 atom stereocenters. The number of hydrogen-bond donors (Lipinski definition) is 1. The van der Waals surface area contributed by atoms with Crippen LogP contribution in [0, 0.1) is 0 Å². The monoisotopic (exact) mass is 243 g/mol. The Morgan fingerprint density at radius 1 is 1.41 bits per heavy atom. The number of nitrogens with two attached hydrogens (primary N) is 1. The van der Waals surface area contributed by atoms with Crippen LogP contribution in [0.1, 0.15) is 19.5 Å². The second kappa shape index (κ2) is 4.99. The summed E-state index contributed by atoms with van der Waals surface area (Å²) in [6.07, 6.45) is -1.80. The van der Waals surface area contributed by atoms with Crippen molar-refractivity contribution in [2.45, 2.75) is 20.0 Å². The van der Waals surface area contributed by atoms with Crippen molar-refractivity contribution in [3.63, 3.8) is 0 Å². The van der Waals surface area contributed by atoms with Gasteiger partial charge in [0.15, 0.2) is 0 Å². The lowest BCUT2D eigenvalue weighted by Crippen LogP contribution is -2.06. The summed E-state index contributed by atoms with van der Waals surface area (Å²) in [5.41, 5.74) is 5.74. The first-order valence-electron chi connectivity index (χ1n) is 4.81. The first-order chi connectivity index (χ1) is 7.79. The minimum absolute atomic E-state index is 0.197. The average molecular weight is 243 g/mol. The Labute approximate surface area is 96.9 Å². The number of aromatic nitrogens is 1. The van der Waals surface area contributed by atoms with Crippen molar-refractivity contribution in [3.05, 3.63) is 35.8 Å². The number of hydrogen-bond acceptors (Lipinski definition) is 3. The zero-order chi connectivity index (χ0) is 13.1. The number of nitrogens with zero attached hydrogens (tertiary/aromatic N) is 2. The van der Waals surface area contributed by atoms with Crippen LogP contribution in [-0.2, 0) is 6.18 Å². The van der Waals surface area contributed by atoms with E-state index in [-0.39, 0.29) is 5.69 Å². The summed E-state index contributed by atoms with van der Waals surface area (Å²) < 4.78 is 37.1. The van der Waals surface area contributed by atoms with Crippen LogP contribution in [0.5, 0.6) is 0 Å². The Kier molecular flexibility index (Phi) is 3.88. The van der Waals surface area contributed by atoms with Crippen molar-refractivity contribution in [1.82, 2.24) is 4.98 Å². The van der Waals surface area contributed by atoms with Gasteiger partial charge in [-0.3, -0.25) is 9.98 Å². The van der Waals surface area contributed by atoms with Gasteiger partial charge in [0.05, 0.1) is 5.69 Å². The smallest absolute Gasteiger partial charge is 0.402 e. The van der Waals surface area contributed by atoms with Crippen molar-refractivity contribution in [2.75, 3.05) is 0 Å². The molecule has 0 aliphatic carbocycles. The van der Waals surface area contributed by atoms with E-state index >= 15 is 0 Å². The molecule has 0 aliphatic heterocycles. The van der Waals surface area contributed by atoms with E-state index in [1.165, 1.54) is 6.07 Å². The Morgan fingerprint density at radius 2 is 2.06 bits per heavy atom. The van der Waals surface area contributed by atoms with E-state index in [1.54, 1.807) is 19.9 Å². The molecule has 0 radical (unpaired) electrons. The van der Waals surface area contributed by atoms with E-state index in [4.69, 9.17) is 5.73 Å². The van der Waals surface area contributed by atoms with Gasteiger partial charge in [0.25, 0.3) is 0 Å². The van der Waals surface area contributed by atoms with E-state index in [9.17, 15) is 13.2 Å². The quantitative estimate of drug-likeness (QED) is 0.811. The molecule has 1 heterocycles. The van der Waals surface area contributed by atoms with Gasteiger partial charge in [0.1, 0.15) is 5.69 Å². The molecular weight excluding hydrogens is 231 g/mol. The van der Waals surface area contributed by atoms with Gasteiger partial charge >= 0.3 is 6.18 Å².